The van der Waals surface area contributed by atoms with E-state index >= 15 is 0 Å². The van der Waals surface area contributed by atoms with Crippen LogP contribution in [0.3, 0.4) is 0 Å². The Kier molecular flexibility index (Phi) is 6.76. The van der Waals surface area contributed by atoms with Crippen LogP contribution in [0.2, 0.25) is 0 Å². The van der Waals surface area contributed by atoms with Crippen molar-refractivity contribution in [3.63, 3.8) is 0 Å². The highest BCUT2D eigenvalue weighted by atomic mass is 16.6. The summed E-state index contributed by atoms with van der Waals surface area (Å²) in [6.45, 7) is 4.85. The molecule has 144 valence electrons. The van der Waals surface area contributed by atoms with Crippen LogP contribution in [0.25, 0.3) is 0 Å². The number of esters is 3. The van der Waals surface area contributed by atoms with Gasteiger partial charge in [-0.3, -0.25) is 9.59 Å². The van der Waals surface area contributed by atoms with Gasteiger partial charge in [-0.05, 0) is 37.5 Å². The number of hydrogen-bond donors (Lipinski definition) is 1. The van der Waals surface area contributed by atoms with Gasteiger partial charge in [0.05, 0.1) is 7.11 Å². The molecule has 0 spiro atoms. The van der Waals surface area contributed by atoms with Gasteiger partial charge in [-0.15, -0.1) is 0 Å². The summed E-state index contributed by atoms with van der Waals surface area (Å²) in [5, 5.41) is 0. The van der Waals surface area contributed by atoms with Crippen molar-refractivity contribution in [1.29, 1.82) is 0 Å². The fraction of sp³-hybridized carbons (Fsp3) is 0.350. The molecule has 1 atom stereocenters. The van der Waals surface area contributed by atoms with Gasteiger partial charge in [0.25, 0.3) is 0 Å². The monoisotopic (exact) mass is 373 g/mol. The Bertz CT molecular complexity index is 839. The molecule has 0 radical (unpaired) electrons. The lowest BCUT2D eigenvalue weighted by molar-refractivity contribution is -0.140. The number of carbonyl (C=O) groups is 3. The van der Waals surface area contributed by atoms with E-state index in [4.69, 9.17) is 9.47 Å². The van der Waals surface area contributed by atoms with Gasteiger partial charge >= 0.3 is 17.9 Å². The number of benzene rings is 1. The molecule has 7 heteroatoms. The van der Waals surface area contributed by atoms with E-state index in [1.54, 1.807) is 37.4 Å². The van der Waals surface area contributed by atoms with E-state index in [1.807, 2.05) is 6.92 Å². The van der Waals surface area contributed by atoms with Gasteiger partial charge in [0.15, 0.2) is 0 Å². The van der Waals surface area contributed by atoms with E-state index in [9.17, 15) is 14.4 Å². The number of ether oxygens (including phenoxy) is 3. The van der Waals surface area contributed by atoms with E-state index in [0.29, 0.717) is 29.0 Å². The van der Waals surface area contributed by atoms with Crippen LogP contribution in [-0.4, -0.2) is 30.0 Å². The molecule has 0 saturated carbocycles. The number of aromatic amines is 1. The largest absolute Gasteiger partial charge is 0.469 e. The summed E-state index contributed by atoms with van der Waals surface area (Å²) in [5.74, 6) is -1.00. The number of H-pyrrole nitrogens is 1. The first kappa shape index (κ1) is 20.2. The van der Waals surface area contributed by atoms with Crippen molar-refractivity contribution in [3.8, 4) is 5.75 Å². The topological polar surface area (TPSA) is 94.7 Å². The Morgan fingerprint density at radius 2 is 1.89 bits per heavy atom. The first-order chi connectivity index (χ1) is 12.8. The third kappa shape index (κ3) is 5.20. The molecule has 1 aromatic heterocycles. The second kappa shape index (κ2) is 9.02. The Balaban J connectivity index is 2.16. The summed E-state index contributed by atoms with van der Waals surface area (Å²) in [6.07, 6.45) is 1.59. The molecule has 1 unspecified atom stereocenters. The van der Waals surface area contributed by atoms with Crippen molar-refractivity contribution in [1.82, 2.24) is 4.98 Å². The van der Waals surface area contributed by atoms with Gasteiger partial charge < -0.3 is 19.2 Å². The standard InChI is InChI=1S/C20H23NO6/c1-12-11-21-19(15(12)9-10-18(23)25-4)20(24)26-13(2)16-7-5-6-8-17(16)27-14(3)22/h5-8,11,13,21H,9-10H2,1-4H3. The molecule has 0 aliphatic carbocycles. The van der Waals surface area contributed by atoms with Crippen molar-refractivity contribution in [2.75, 3.05) is 7.11 Å². The van der Waals surface area contributed by atoms with E-state index < -0.39 is 18.0 Å². The molecule has 0 fully saturated rings. The molecule has 0 bridgehead atoms. The van der Waals surface area contributed by atoms with Crippen molar-refractivity contribution in [3.05, 3.63) is 52.8 Å². The van der Waals surface area contributed by atoms with Gasteiger partial charge in [-0.2, -0.15) is 0 Å². The number of para-hydroxylation sites is 1. The van der Waals surface area contributed by atoms with Crippen LogP contribution in [0.4, 0.5) is 0 Å². The number of hydrogen-bond acceptors (Lipinski definition) is 6. The van der Waals surface area contributed by atoms with Gasteiger partial charge in [-0.25, -0.2) is 4.79 Å². The predicted molar refractivity (Wildman–Crippen MR) is 97.4 cm³/mol. The second-order valence-corrected chi connectivity index (χ2v) is 6.08. The molecule has 1 aromatic carbocycles. The molecule has 2 aromatic rings. The van der Waals surface area contributed by atoms with Gasteiger partial charge in [-0.1, -0.05) is 18.2 Å². The molecule has 0 aliphatic rings. The number of rotatable bonds is 7. The minimum Gasteiger partial charge on any atom is -0.469 e. The van der Waals surface area contributed by atoms with Crippen LogP contribution in [0.15, 0.2) is 30.5 Å². The molecule has 0 saturated heterocycles. The Morgan fingerprint density at radius 1 is 1.19 bits per heavy atom. The minimum absolute atomic E-state index is 0.167. The van der Waals surface area contributed by atoms with Crippen LogP contribution >= 0.6 is 0 Å². The number of methoxy groups -OCH3 is 1. The predicted octanol–water partition coefficient (Wildman–Crippen LogP) is 3.27. The van der Waals surface area contributed by atoms with E-state index in [0.717, 1.165) is 5.56 Å². The lowest BCUT2D eigenvalue weighted by Crippen LogP contribution is -2.14. The number of nitrogens with one attached hydrogen (secondary N) is 1. The maximum absolute atomic E-state index is 12.6. The highest BCUT2D eigenvalue weighted by molar-refractivity contribution is 5.90. The SMILES string of the molecule is COC(=O)CCc1c(C)c[nH]c1C(=O)OC(C)c1ccccc1OC(C)=O. The summed E-state index contributed by atoms with van der Waals surface area (Å²) in [6, 6.07) is 6.87. The highest BCUT2D eigenvalue weighted by Gasteiger charge is 2.22. The summed E-state index contributed by atoms with van der Waals surface area (Å²) < 4.78 is 15.4. The molecular formula is C20H23NO6. The Hall–Kier alpha value is -3.09. The lowest BCUT2D eigenvalue weighted by atomic mass is 10.1. The van der Waals surface area contributed by atoms with Gasteiger partial charge in [0, 0.05) is 25.1 Å². The van der Waals surface area contributed by atoms with Gasteiger partial charge in [0.2, 0.25) is 0 Å². The van der Waals surface area contributed by atoms with E-state index in [-0.39, 0.29) is 12.4 Å². The molecule has 2 rings (SSSR count). The molecule has 0 amide bonds. The van der Waals surface area contributed by atoms with Crippen molar-refractivity contribution in [2.45, 2.75) is 39.7 Å². The molecule has 7 nitrogen and oxygen atoms in total. The fourth-order valence-electron chi connectivity index (χ4n) is 2.73. The average molecular weight is 373 g/mol. The maximum Gasteiger partial charge on any atom is 0.355 e. The van der Waals surface area contributed by atoms with Crippen molar-refractivity contribution >= 4 is 17.9 Å². The highest BCUT2D eigenvalue weighted by Crippen LogP contribution is 2.29. The zero-order valence-corrected chi connectivity index (χ0v) is 15.8. The fourth-order valence-corrected chi connectivity index (χ4v) is 2.73. The van der Waals surface area contributed by atoms with Gasteiger partial charge in [0.1, 0.15) is 17.5 Å². The van der Waals surface area contributed by atoms with Crippen LogP contribution < -0.4 is 4.74 Å². The molecule has 0 aliphatic heterocycles. The van der Waals surface area contributed by atoms with Crippen molar-refractivity contribution < 1.29 is 28.6 Å². The third-order valence-electron chi connectivity index (χ3n) is 4.12. The Morgan fingerprint density at radius 3 is 2.56 bits per heavy atom. The summed E-state index contributed by atoms with van der Waals surface area (Å²) in [7, 11) is 1.32. The first-order valence-electron chi connectivity index (χ1n) is 8.55. The normalized spacial score (nSPS) is 11.6. The Labute approximate surface area is 157 Å². The van der Waals surface area contributed by atoms with Crippen molar-refractivity contribution in [2.24, 2.45) is 0 Å². The first-order valence-corrected chi connectivity index (χ1v) is 8.55. The van der Waals surface area contributed by atoms with E-state index in [1.165, 1.54) is 14.0 Å². The smallest absolute Gasteiger partial charge is 0.355 e. The number of aryl methyl sites for hydroxylation is 1. The van der Waals surface area contributed by atoms with Crippen LogP contribution in [0.1, 0.15) is 53.6 Å². The van der Waals surface area contributed by atoms with Crippen LogP contribution in [0.5, 0.6) is 5.75 Å². The second-order valence-electron chi connectivity index (χ2n) is 6.08. The summed E-state index contributed by atoms with van der Waals surface area (Å²) >= 11 is 0. The maximum atomic E-state index is 12.6. The average Bonchev–Trinajstić information content (AvgIpc) is 3.00. The summed E-state index contributed by atoms with van der Waals surface area (Å²) in [4.78, 5) is 38.2. The zero-order chi connectivity index (χ0) is 20.0. The van der Waals surface area contributed by atoms with E-state index in [2.05, 4.69) is 9.72 Å². The van der Waals surface area contributed by atoms with Crippen LogP contribution in [-0.2, 0) is 25.5 Å². The third-order valence-corrected chi connectivity index (χ3v) is 4.12. The van der Waals surface area contributed by atoms with Crippen LogP contribution in [0, 0.1) is 6.92 Å². The number of carbonyl (C=O) groups excluding carboxylic acids is 3. The molecule has 27 heavy (non-hydrogen) atoms. The molecular weight excluding hydrogens is 350 g/mol. The molecule has 1 N–H and O–H groups in total. The summed E-state index contributed by atoms with van der Waals surface area (Å²) in [5.41, 5.74) is 2.46. The number of aromatic nitrogens is 1. The lowest BCUT2D eigenvalue weighted by Gasteiger charge is -2.17. The minimum atomic E-state index is -0.634. The quantitative estimate of drug-likeness (QED) is 0.591. The molecule has 1 heterocycles. The zero-order valence-electron chi connectivity index (χ0n) is 15.8.